The quantitative estimate of drug-likeness (QED) is 0.0709. The Morgan fingerprint density at radius 1 is 0.857 bits per heavy atom. The van der Waals surface area contributed by atoms with E-state index in [1.54, 1.807) is 6.20 Å². The molecule has 5 rings (SSSR count). The third kappa shape index (κ3) is 8.38. The first kappa shape index (κ1) is 32.7. The first-order valence-corrected chi connectivity index (χ1v) is 14.4. The molecule has 4 aromatic carbocycles. The topological polar surface area (TPSA) is 59.4 Å². The van der Waals surface area contributed by atoms with Gasteiger partial charge in [0.15, 0.2) is 5.78 Å². The molecule has 0 bridgehead atoms. The van der Waals surface area contributed by atoms with Gasteiger partial charge in [-0.1, -0.05) is 70.2 Å². The second-order valence-electron chi connectivity index (χ2n) is 10.2. The van der Waals surface area contributed by atoms with Crippen LogP contribution in [0.5, 0.6) is 11.6 Å². The molecule has 1 heterocycles. The van der Waals surface area contributed by atoms with Crippen molar-refractivity contribution in [1.29, 1.82) is 0 Å². The number of pyridine rings is 1. The van der Waals surface area contributed by atoms with Crippen molar-refractivity contribution in [3.8, 4) is 22.8 Å². The molecule has 0 spiro atoms. The number of hydrogen-bond donors (Lipinski definition) is 1. The van der Waals surface area contributed by atoms with E-state index in [2.05, 4.69) is 65.6 Å². The zero-order chi connectivity index (χ0) is 29.2. The van der Waals surface area contributed by atoms with E-state index in [1.807, 2.05) is 64.1 Å². The van der Waals surface area contributed by atoms with Crippen LogP contribution in [0.3, 0.4) is 0 Å². The molecule has 0 aliphatic rings. The van der Waals surface area contributed by atoms with Crippen molar-refractivity contribution >= 4 is 27.3 Å². The molecule has 5 heteroatoms. The van der Waals surface area contributed by atoms with Gasteiger partial charge in [0.25, 0.3) is 0 Å². The largest absolute Gasteiger partial charge is 0.512 e. The minimum atomic E-state index is 0. The van der Waals surface area contributed by atoms with Gasteiger partial charge in [-0.2, -0.15) is 18.2 Å². The zero-order valence-electron chi connectivity index (χ0n) is 24.6. The van der Waals surface area contributed by atoms with Crippen LogP contribution in [0.15, 0.2) is 109 Å². The molecule has 1 aromatic heterocycles. The predicted octanol–water partition coefficient (Wildman–Crippen LogP) is 10.1. The number of aliphatic hydroxyl groups excluding tert-OH is 1. The minimum Gasteiger partial charge on any atom is -0.512 e. The van der Waals surface area contributed by atoms with E-state index in [1.165, 1.54) is 22.6 Å². The second kappa shape index (κ2) is 16.0. The number of fused-ring (bicyclic) bond motifs is 2. The van der Waals surface area contributed by atoms with Crippen LogP contribution in [0.25, 0.3) is 32.7 Å². The smallest absolute Gasteiger partial charge is 0.224 e. The summed E-state index contributed by atoms with van der Waals surface area (Å²) in [4.78, 5) is 16.0. The Morgan fingerprint density at radius 3 is 2.26 bits per heavy atom. The van der Waals surface area contributed by atoms with Gasteiger partial charge in [-0.25, -0.2) is 4.98 Å². The zero-order valence-corrected chi connectivity index (χ0v) is 27.0. The predicted molar refractivity (Wildman–Crippen MR) is 169 cm³/mol. The van der Waals surface area contributed by atoms with Crippen LogP contribution < -0.4 is 4.74 Å². The van der Waals surface area contributed by atoms with Gasteiger partial charge in [0.1, 0.15) is 0 Å². The van der Waals surface area contributed by atoms with Crippen LogP contribution in [0, 0.1) is 17.9 Å². The fourth-order valence-electron chi connectivity index (χ4n) is 4.64. The van der Waals surface area contributed by atoms with Gasteiger partial charge < -0.3 is 9.84 Å². The van der Waals surface area contributed by atoms with E-state index < -0.39 is 0 Å². The number of carbonyl (C=O) groups is 1. The number of aromatic nitrogens is 1. The summed E-state index contributed by atoms with van der Waals surface area (Å²) in [5.74, 6) is 1.72. The Bertz CT molecular complexity index is 1610. The SMILES string of the molecule is CCC(CC)C(=O)/C=C(\O)C(C)CC.[Ir].[c-]1ccccc1Oc1nccc2cc3cc(-c4ccccc4)ccc3cc12. The number of nitrogens with zero attached hydrogens (tertiary/aromatic N) is 1. The Hall–Kier alpha value is -3.79. The normalized spacial score (nSPS) is 11.9. The minimum absolute atomic E-state index is 0. The molecule has 0 saturated carbocycles. The van der Waals surface area contributed by atoms with E-state index in [9.17, 15) is 9.90 Å². The third-order valence-corrected chi connectivity index (χ3v) is 7.47. The summed E-state index contributed by atoms with van der Waals surface area (Å²) in [5, 5.41) is 14.0. The molecule has 0 aliphatic carbocycles. The van der Waals surface area contributed by atoms with Crippen LogP contribution in [-0.4, -0.2) is 15.9 Å². The number of ketones is 1. The van der Waals surface area contributed by atoms with E-state index in [4.69, 9.17) is 4.74 Å². The number of aliphatic hydroxyl groups is 1. The number of carbonyl (C=O) groups excluding carboxylic acids is 1. The van der Waals surface area contributed by atoms with Crippen molar-refractivity contribution in [2.24, 2.45) is 11.8 Å². The average molecular weight is 737 g/mol. The van der Waals surface area contributed by atoms with Crippen LogP contribution in [-0.2, 0) is 24.9 Å². The molecule has 0 aliphatic heterocycles. The molecule has 219 valence electrons. The van der Waals surface area contributed by atoms with Gasteiger partial charge >= 0.3 is 0 Å². The van der Waals surface area contributed by atoms with Gasteiger partial charge in [0.2, 0.25) is 5.88 Å². The number of hydrogen-bond acceptors (Lipinski definition) is 4. The fourth-order valence-corrected chi connectivity index (χ4v) is 4.64. The summed E-state index contributed by atoms with van der Waals surface area (Å²) in [5.41, 5.74) is 2.43. The molecule has 0 amide bonds. The monoisotopic (exact) mass is 737 g/mol. The maximum Gasteiger partial charge on any atom is 0.224 e. The van der Waals surface area contributed by atoms with E-state index in [0.717, 1.165) is 35.4 Å². The molecular formula is C37H38IrNO3-. The molecule has 0 saturated heterocycles. The maximum atomic E-state index is 11.6. The molecule has 1 unspecified atom stereocenters. The standard InChI is InChI=1S/C25H16NO.C12H22O2.Ir/c1-3-7-18(8-4-1)19-11-12-20-17-24-21(16-22(20)15-19)13-14-26-25(24)27-23-9-5-2-6-10-23;1-5-9(4)11(13)8-12(14)10(6-2)7-3;/h1-9,11-17H;8-10,13H,5-7H2,1-4H3;/q-1;;/b;11-8-;. The molecule has 4 nitrogen and oxygen atoms in total. The van der Waals surface area contributed by atoms with Crippen molar-refractivity contribution in [1.82, 2.24) is 4.98 Å². The third-order valence-electron chi connectivity index (χ3n) is 7.47. The number of allylic oxidation sites excluding steroid dienone is 2. The van der Waals surface area contributed by atoms with Gasteiger partial charge in [-0.3, -0.25) is 4.79 Å². The van der Waals surface area contributed by atoms with Crippen LogP contribution in [0.2, 0.25) is 0 Å². The molecule has 42 heavy (non-hydrogen) atoms. The summed E-state index contributed by atoms with van der Waals surface area (Å²) in [6, 6.07) is 34.0. The van der Waals surface area contributed by atoms with Gasteiger partial charge in [-0.05, 0) is 70.8 Å². The summed E-state index contributed by atoms with van der Waals surface area (Å²) >= 11 is 0. The van der Waals surface area contributed by atoms with Gasteiger partial charge in [0, 0.05) is 55.3 Å². The molecular weight excluding hydrogens is 699 g/mol. The van der Waals surface area contributed by atoms with Crippen molar-refractivity contribution in [3.63, 3.8) is 0 Å². The number of para-hydroxylation sites is 1. The Labute approximate surface area is 262 Å². The van der Waals surface area contributed by atoms with Crippen LogP contribution in [0.1, 0.15) is 47.0 Å². The number of ether oxygens (including phenoxy) is 1. The summed E-state index contributed by atoms with van der Waals surface area (Å²) in [6.45, 7) is 7.92. The van der Waals surface area contributed by atoms with Crippen molar-refractivity contribution in [3.05, 3.63) is 115 Å². The second-order valence-corrected chi connectivity index (χ2v) is 10.2. The summed E-state index contributed by atoms with van der Waals surface area (Å²) in [7, 11) is 0. The van der Waals surface area contributed by atoms with E-state index >= 15 is 0 Å². The van der Waals surface area contributed by atoms with Crippen molar-refractivity contribution in [2.45, 2.75) is 47.0 Å². The van der Waals surface area contributed by atoms with Gasteiger partial charge in [-0.15, -0.1) is 12.1 Å². The summed E-state index contributed by atoms with van der Waals surface area (Å²) < 4.78 is 5.97. The van der Waals surface area contributed by atoms with Crippen LogP contribution >= 0.6 is 0 Å². The Balaban J connectivity index is 0.000000278. The number of rotatable bonds is 9. The number of benzene rings is 4. The van der Waals surface area contributed by atoms with Gasteiger partial charge in [0.05, 0.1) is 5.76 Å². The maximum absolute atomic E-state index is 11.6. The first-order chi connectivity index (χ1) is 19.9. The fraction of sp³-hybridized carbons (Fsp3) is 0.243. The first-order valence-electron chi connectivity index (χ1n) is 14.4. The summed E-state index contributed by atoms with van der Waals surface area (Å²) in [6.07, 6.45) is 5.75. The Morgan fingerprint density at radius 2 is 1.60 bits per heavy atom. The van der Waals surface area contributed by atoms with Crippen molar-refractivity contribution in [2.75, 3.05) is 0 Å². The van der Waals surface area contributed by atoms with E-state index in [0.29, 0.717) is 11.6 Å². The molecule has 1 N–H and O–H groups in total. The Kier molecular flexibility index (Phi) is 12.5. The molecule has 5 aromatic rings. The molecule has 1 atom stereocenters. The molecule has 0 fully saturated rings. The van der Waals surface area contributed by atoms with Crippen molar-refractivity contribution < 1.29 is 34.7 Å². The van der Waals surface area contributed by atoms with E-state index in [-0.39, 0.29) is 43.5 Å². The average Bonchev–Trinajstić information content (AvgIpc) is 3.01. The molecule has 1 radical (unpaired) electrons. The van der Waals surface area contributed by atoms with Crippen LogP contribution in [0.4, 0.5) is 0 Å².